The third-order valence-electron chi connectivity index (χ3n) is 5.27. The Balaban J connectivity index is 1.52. The summed E-state index contributed by atoms with van der Waals surface area (Å²) in [6.45, 7) is 1.06. The van der Waals surface area contributed by atoms with Crippen LogP contribution >= 0.6 is 22.6 Å². The number of hydrogen-bond donors (Lipinski definition) is 2. The molecule has 0 saturated carbocycles. The highest BCUT2D eigenvalue weighted by Gasteiger charge is 2.45. The Morgan fingerprint density at radius 3 is 2.61 bits per heavy atom. The van der Waals surface area contributed by atoms with Crippen molar-refractivity contribution in [3.8, 4) is 0 Å². The van der Waals surface area contributed by atoms with Gasteiger partial charge in [0, 0.05) is 13.0 Å². The van der Waals surface area contributed by atoms with Gasteiger partial charge >= 0.3 is 0 Å². The minimum Gasteiger partial charge on any atom is -0.379 e. The van der Waals surface area contributed by atoms with E-state index in [1.165, 1.54) is 18.6 Å². The van der Waals surface area contributed by atoms with Crippen LogP contribution in [0.3, 0.4) is 0 Å². The molecule has 1 fully saturated rings. The van der Waals surface area contributed by atoms with E-state index in [2.05, 4.69) is 33.2 Å². The minimum atomic E-state index is -1.07. The molecule has 0 bridgehead atoms. The van der Waals surface area contributed by atoms with Gasteiger partial charge in [-0.25, -0.2) is 0 Å². The van der Waals surface area contributed by atoms with E-state index >= 15 is 0 Å². The maximum atomic E-state index is 13.0. The van der Waals surface area contributed by atoms with E-state index in [9.17, 15) is 24.0 Å². The first-order valence-electron chi connectivity index (χ1n) is 10.8. The van der Waals surface area contributed by atoms with Crippen LogP contribution in [0, 0.1) is 0 Å². The van der Waals surface area contributed by atoms with Gasteiger partial charge < -0.3 is 14.8 Å². The van der Waals surface area contributed by atoms with Crippen molar-refractivity contribution in [1.82, 2.24) is 10.2 Å². The van der Waals surface area contributed by atoms with Gasteiger partial charge in [0.2, 0.25) is 17.7 Å². The number of amides is 5. The van der Waals surface area contributed by atoms with Crippen molar-refractivity contribution >= 4 is 57.8 Å². The maximum Gasteiger partial charge on any atom is 0.264 e. The summed E-state index contributed by atoms with van der Waals surface area (Å²) in [6.07, 6.45) is 3.38. The lowest BCUT2D eigenvalue weighted by Gasteiger charge is -2.27. The van der Waals surface area contributed by atoms with Gasteiger partial charge in [0.1, 0.15) is 12.6 Å². The second kappa shape index (κ2) is 12.2. The fourth-order valence-corrected chi connectivity index (χ4v) is 4.20. The Bertz CT molecular complexity index is 937. The zero-order chi connectivity index (χ0) is 23.8. The van der Waals surface area contributed by atoms with Gasteiger partial charge in [-0.1, -0.05) is 35.1 Å². The van der Waals surface area contributed by atoms with E-state index in [1.54, 1.807) is 6.07 Å². The molecule has 10 nitrogen and oxygen atoms in total. The molecule has 2 aliphatic heterocycles. The number of benzene rings is 1. The number of alkyl halides is 1. The molecule has 11 heteroatoms. The fraction of sp³-hybridized carbons (Fsp3) is 0.500. The summed E-state index contributed by atoms with van der Waals surface area (Å²) < 4.78 is 11.9. The number of ether oxygens (including phenoxy) is 2. The molecule has 2 heterocycles. The van der Waals surface area contributed by atoms with Crippen LogP contribution in [0.5, 0.6) is 0 Å². The van der Waals surface area contributed by atoms with Gasteiger partial charge in [0.25, 0.3) is 11.8 Å². The summed E-state index contributed by atoms with van der Waals surface area (Å²) in [6, 6.07) is 3.45. The molecular formula is C22H26IN3O7. The highest BCUT2D eigenvalue weighted by molar-refractivity contribution is 14.1. The predicted octanol–water partition coefficient (Wildman–Crippen LogP) is 1.66. The first-order chi connectivity index (χ1) is 15.9. The second-order valence-corrected chi connectivity index (χ2v) is 8.72. The topological polar surface area (TPSA) is 131 Å². The smallest absolute Gasteiger partial charge is 0.264 e. The first-order valence-corrected chi connectivity index (χ1v) is 12.3. The van der Waals surface area contributed by atoms with Crippen LogP contribution in [-0.2, 0) is 23.9 Å². The molecule has 0 aliphatic carbocycles. The SMILES string of the molecule is O=C1CCC(N2C(=O)c3cccc(NC(=O)COCCOCCCCCI)c3C2=O)C(=O)N1. The zero-order valence-corrected chi connectivity index (χ0v) is 20.2. The average molecular weight is 571 g/mol. The van der Waals surface area contributed by atoms with Crippen molar-refractivity contribution in [3.63, 3.8) is 0 Å². The third kappa shape index (κ3) is 6.36. The summed E-state index contributed by atoms with van der Waals surface area (Å²) >= 11 is 2.34. The fourth-order valence-electron chi connectivity index (χ4n) is 3.67. The molecule has 178 valence electrons. The summed E-state index contributed by atoms with van der Waals surface area (Å²) in [7, 11) is 0. The first kappa shape index (κ1) is 25.2. The Hall–Kier alpha value is -2.38. The Kier molecular flexibility index (Phi) is 9.32. The molecule has 0 aromatic heterocycles. The standard InChI is InChI=1S/C22H26IN3O7/c23-9-2-1-3-10-32-11-12-33-13-18(28)24-15-6-4-5-14-19(15)22(31)26(21(14)30)16-7-8-17(27)25-20(16)29/h4-6,16H,1-3,7-13H2,(H,24,28)(H,25,27,29). The average Bonchev–Trinajstić information content (AvgIpc) is 3.04. The second-order valence-electron chi connectivity index (χ2n) is 7.64. The molecule has 1 atom stereocenters. The number of rotatable bonds is 12. The zero-order valence-electron chi connectivity index (χ0n) is 18.1. The van der Waals surface area contributed by atoms with Crippen LogP contribution < -0.4 is 10.6 Å². The quantitative estimate of drug-likeness (QED) is 0.169. The van der Waals surface area contributed by atoms with Crippen LogP contribution in [0.25, 0.3) is 0 Å². The van der Waals surface area contributed by atoms with Crippen LogP contribution in [0.4, 0.5) is 5.69 Å². The van der Waals surface area contributed by atoms with Crippen LogP contribution in [-0.4, -0.2) is 71.3 Å². The molecule has 1 aromatic rings. The molecule has 2 N–H and O–H groups in total. The van der Waals surface area contributed by atoms with E-state index in [1.807, 2.05) is 0 Å². The number of anilines is 1. The van der Waals surface area contributed by atoms with Crippen LogP contribution in [0.2, 0.25) is 0 Å². The van der Waals surface area contributed by atoms with Gasteiger partial charge in [-0.15, -0.1) is 0 Å². The normalized spacial score (nSPS) is 17.8. The maximum absolute atomic E-state index is 13.0. The molecule has 1 aromatic carbocycles. The van der Waals surface area contributed by atoms with Gasteiger partial charge in [0.05, 0.1) is 30.0 Å². The summed E-state index contributed by atoms with van der Waals surface area (Å²) in [5.74, 6) is -2.93. The number of carbonyl (C=O) groups is 5. The predicted molar refractivity (Wildman–Crippen MR) is 126 cm³/mol. The number of fused-ring (bicyclic) bond motifs is 1. The lowest BCUT2D eigenvalue weighted by molar-refractivity contribution is -0.136. The Labute approximate surface area is 204 Å². The van der Waals surface area contributed by atoms with Crippen molar-refractivity contribution in [2.45, 2.75) is 38.1 Å². The number of nitrogens with zero attached hydrogens (tertiary/aromatic N) is 1. The van der Waals surface area contributed by atoms with Crippen molar-refractivity contribution in [3.05, 3.63) is 29.3 Å². The molecule has 5 amide bonds. The molecule has 3 rings (SSSR count). The highest BCUT2D eigenvalue weighted by atomic mass is 127. The van der Waals surface area contributed by atoms with Crippen molar-refractivity contribution < 1.29 is 33.4 Å². The van der Waals surface area contributed by atoms with Crippen LogP contribution in [0.1, 0.15) is 52.8 Å². The number of nitrogens with one attached hydrogen (secondary N) is 2. The van der Waals surface area contributed by atoms with Gasteiger partial charge in [-0.3, -0.25) is 34.2 Å². The molecule has 1 saturated heterocycles. The highest BCUT2D eigenvalue weighted by Crippen LogP contribution is 2.32. The summed E-state index contributed by atoms with van der Waals surface area (Å²) in [5.41, 5.74) is 0.288. The van der Waals surface area contributed by atoms with Crippen LogP contribution in [0.15, 0.2) is 18.2 Å². The van der Waals surface area contributed by atoms with Gasteiger partial charge in [0.15, 0.2) is 0 Å². The number of hydrogen-bond acceptors (Lipinski definition) is 7. The molecule has 0 spiro atoms. The third-order valence-corrected chi connectivity index (χ3v) is 6.03. The summed E-state index contributed by atoms with van der Waals surface area (Å²) in [4.78, 5) is 62.5. The van der Waals surface area contributed by atoms with E-state index in [4.69, 9.17) is 9.47 Å². The number of piperidine rings is 1. The van der Waals surface area contributed by atoms with E-state index in [0.717, 1.165) is 22.2 Å². The number of carbonyl (C=O) groups excluding carboxylic acids is 5. The number of unbranched alkanes of at least 4 members (excludes halogenated alkanes) is 2. The van der Waals surface area contributed by atoms with Crippen molar-refractivity contribution in [1.29, 1.82) is 0 Å². The number of imide groups is 2. The molecule has 2 aliphatic rings. The minimum absolute atomic E-state index is 0.0235. The van der Waals surface area contributed by atoms with E-state index in [-0.39, 0.29) is 42.9 Å². The Morgan fingerprint density at radius 2 is 1.85 bits per heavy atom. The lowest BCUT2D eigenvalue weighted by atomic mass is 10.0. The van der Waals surface area contributed by atoms with Crippen molar-refractivity contribution in [2.75, 3.05) is 36.2 Å². The van der Waals surface area contributed by atoms with Crippen molar-refractivity contribution in [2.24, 2.45) is 0 Å². The monoisotopic (exact) mass is 571 g/mol. The molecule has 0 radical (unpaired) electrons. The summed E-state index contributed by atoms with van der Waals surface area (Å²) in [5, 5.41) is 4.75. The Morgan fingerprint density at radius 1 is 1.06 bits per heavy atom. The van der Waals surface area contributed by atoms with Gasteiger partial charge in [-0.05, 0) is 35.8 Å². The lowest BCUT2D eigenvalue weighted by Crippen LogP contribution is -2.54. The number of halogens is 1. The molecule has 1 unspecified atom stereocenters. The molecular weight excluding hydrogens is 545 g/mol. The van der Waals surface area contributed by atoms with E-state index < -0.39 is 35.6 Å². The van der Waals surface area contributed by atoms with E-state index in [0.29, 0.717) is 13.2 Å². The largest absolute Gasteiger partial charge is 0.379 e. The van der Waals surface area contributed by atoms with Gasteiger partial charge in [-0.2, -0.15) is 0 Å². The molecule has 33 heavy (non-hydrogen) atoms.